The maximum Gasteiger partial charge on any atom is 0.522 e. The molecule has 0 bridgehead atoms. The zero-order valence-electron chi connectivity index (χ0n) is 65.8. The van der Waals surface area contributed by atoms with Crippen molar-refractivity contribution in [1.82, 2.24) is 0 Å². The van der Waals surface area contributed by atoms with E-state index < -0.39 is 15.6 Å². The van der Waals surface area contributed by atoms with Crippen LogP contribution in [-0.4, -0.2) is 43.3 Å². The lowest BCUT2D eigenvalue weighted by atomic mass is 9.87. The number of halogens is 4. The monoisotopic (exact) mass is 1630 g/mol. The predicted molar refractivity (Wildman–Crippen MR) is 489 cm³/mol. The molecule has 0 aliphatic heterocycles. The number of ether oxygens (including phenoxy) is 2. The van der Waals surface area contributed by atoms with E-state index in [4.69, 9.17) is 31.3 Å². The maximum atomic E-state index is 13.4. The van der Waals surface area contributed by atoms with Crippen LogP contribution in [0.2, 0.25) is 0 Å². The lowest BCUT2D eigenvalue weighted by Gasteiger charge is -2.19. The highest BCUT2D eigenvalue weighted by atomic mass is 32.2. The van der Waals surface area contributed by atoms with Gasteiger partial charge in [-0.1, -0.05) is 388 Å². The lowest BCUT2D eigenvalue weighted by molar-refractivity contribution is -0.0510. The summed E-state index contributed by atoms with van der Waals surface area (Å²) in [4.78, 5) is 26.8. The number of alkyl halides is 3. The van der Waals surface area contributed by atoms with Gasteiger partial charge in [0.15, 0.2) is 24.8 Å². The van der Waals surface area contributed by atoms with Gasteiger partial charge < -0.3 is 18.3 Å². The first kappa shape index (κ1) is 80.1. The number of hydrogen-bond acceptors (Lipinski definition) is 8. The van der Waals surface area contributed by atoms with Gasteiger partial charge in [0.1, 0.15) is 22.7 Å². The van der Waals surface area contributed by atoms with E-state index in [0.717, 1.165) is 111 Å². The molecule has 14 heteroatoms. The number of ketones is 2. The second kappa shape index (κ2) is 34.9. The Morgan fingerprint density at radius 3 is 0.789 bits per heavy atom. The van der Waals surface area contributed by atoms with E-state index in [1.54, 1.807) is 24.3 Å². The molecule has 0 fully saturated rings. The van der Waals surface area contributed by atoms with Crippen LogP contribution >= 0.6 is 0 Å². The van der Waals surface area contributed by atoms with Crippen LogP contribution in [0.25, 0.3) is 176 Å². The van der Waals surface area contributed by atoms with Crippen LogP contribution in [0.4, 0.5) is 17.9 Å². The molecule has 18 aromatic carbocycles. The lowest BCUT2D eigenvalue weighted by Crippen LogP contribution is -2.21. The molecule has 0 spiro atoms. The van der Waals surface area contributed by atoms with Gasteiger partial charge in [-0.2, -0.15) is 21.6 Å². The van der Waals surface area contributed by atoms with Crippen LogP contribution in [0.15, 0.2) is 422 Å². The summed E-state index contributed by atoms with van der Waals surface area (Å²) in [5.41, 5.74) is 18.1. The molecule has 0 saturated heterocycles. The van der Waals surface area contributed by atoms with E-state index in [1.165, 1.54) is 65.3 Å². The zero-order chi connectivity index (χ0) is 83.3. The van der Waals surface area contributed by atoms with Crippen LogP contribution in [0.1, 0.15) is 20.7 Å². The van der Waals surface area contributed by atoms with E-state index in [0.29, 0.717) is 22.6 Å². The smallest absolute Gasteiger partial charge is 0.485 e. The predicted octanol–water partition coefficient (Wildman–Crippen LogP) is 29.2. The molecule has 0 amide bonds. The molecule has 1 N–H and O–H groups in total. The Morgan fingerprint density at radius 2 is 0.512 bits per heavy atom. The Morgan fingerprint density at radius 1 is 0.285 bits per heavy atom. The second-order valence-corrected chi connectivity index (χ2v) is 30.9. The van der Waals surface area contributed by atoms with Crippen molar-refractivity contribution in [3.05, 3.63) is 424 Å². The van der Waals surface area contributed by atoms with Gasteiger partial charge in [0.2, 0.25) is 0 Å². The minimum atomic E-state index is -5.84. The van der Waals surface area contributed by atoms with Gasteiger partial charge in [-0.25, -0.2) is 0 Å². The molecule has 0 aliphatic carbocycles. The van der Waals surface area contributed by atoms with E-state index in [-0.39, 0.29) is 29.5 Å². The normalized spacial score (nSPS) is 11.4. The number of furan rings is 2. The third-order valence-corrected chi connectivity index (χ3v) is 22.7. The highest BCUT2D eigenvalue weighted by Crippen LogP contribution is 2.53. The summed E-state index contributed by atoms with van der Waals surface area (Å²) in [6.07, 6.45) is 3.84. The molecule has 2 aromatic heterocycles. The van der Waals surface area contributed by atoms with Gasteiger partial charge in [0.05, 0.1) is 12.5 Å². The number of benzene rings is 18. The molecule has 0 unspecified atom stereocenters. The first-order chi connectivity index (χ1) is 59.6. The van der Waals surface area contributed by atoms with Crippen molar-refractivity contribution < 1.29 is 58.7 Å². The van der Waals surface area contributed by atoms with Crippen molar-refractivity contribution in [1.29, 1.82) is 0 Å². The molecule has 0 aliphatic rings. The average molecular weight is 1640 g/mol. The first-order valence-electron chi connectivity index (χ1n) is 39.7. The van der Waals surface area contributed by atoms with Crippen molar-refractivity contribution in [2.45, 2.75) is 5.51 Å². The molecule has 598 valence electrons. The summed E-state index contributed by atoms with van der Waals surface area (Å²) in [5, 5.41) is 11.7. The van der Waals surface area contributed by atoms with Crippen molar-refractivity contribution in [2.75, 3.05) is 13.2 Å². The highest BCUT2D eigenvalue weighted by Gasteiger charge is 2.44. The summed E-state index contributed by atoms with van der Waals surface area (Å²) in [6, 6.07) is 137. The zero-order valence-corrected chi connectivity index (χ0v) is 66.7. The summed E-state index contributed by atoms with van der Waals surface area (Å²) in [6.45, 7) is -0.311. The number of carbonyl (C=O) groups excluding carboxylic acids is 2. The van der Waals surface area contributed by atoms with Crippen molar-refractivity contribution in [3.63, 3.8) is 0 Å². The molecule has 20 rings (SSSR count). The van der Waals surface area contributed by atoms with Crippen LogP contribution < -0.4 is 9.47 Å². The quantitative estimate of drug-likeness (QED) is 0.0386. The fourth-order valence-electron chi connectivity index (χ4n) is 16.2. The molecule has 0 atom stereocenters. The van der Waals surface area contributed by atoms with Crippen LogP contribution in [0.3, 0.4) is 0 Å². The third-order valence-electron chi connectivity index (χ3n) is 22.1. The fourth-order valence-corrected chi connectivity index (χ4v) is 16.2. The Kier molecular flexibility index (Phi) is 22.7. The van der Waals surface area contributed by atoms with Gasteiger partial charge in [0, 0.05) is 55.3 Å². The van der Waals surface area contributed by atoms with Gasteiger partial charge in [-0.05, 0) is 133 Å². The topological polar surface area (TPSA) is 133 Å². The second-order valence-electron chi connectivity index (χ2n) is 29.5. The molecule has 0 radical (unpaired) electrons. The van der Waals surface area contributed by atoms with Gasteiger partial charge >= 0.3 is 15.6 Å². The summed E-state index contributed by atoms with van der Waals surface area (Å²) < 4.78 is 84.0. The molecule has 123 heavy (non-hydrogen) atoms. The van der Waals surface area contributed by atoms with Gasteiger partial charge in [0.25, 0.3) is 0 Å². The van der Waals surface area contributed by atoms with Crippen molar-refractivity contribution in [2.24, 2.45) is 0 Å². The van der Waals surface area contributed by atoms with Crippen LogP contribution in [-0.2, 0) is 10.1 Å². The number of fused-ring (bicyclic) bond motifs is 6. The largest absolute Gasteiger partial charge is 0.522 e. The Balaban J connectivity index is 0.000000159. The fraction of sp³-hybridized carbons (Fsp3) is 0.0275. The molecular formula is C109H74F4O9S. The molecule has 9 nitrogen and oxygen atoms in total. The van der Waals surface area contributed by atoms with Crippen molar-refractivity contribution >= 4 is 86.7 Å². The number of hydrogen-bond donors (Lipinski definition) is 1. The summed E-state index contributed by atoms with van der Waals surface area (Å²) >= 11 is 0. The van der Waals surface area contributed by atoms with E-state index >= 15 is 0 Å². The SMILES string of the molecule is F.O=C(COc1cc(-c2ccc(-c3cccc4ccccc34)cc2)c(OCC(=O)c2ccccc2)cc1-c1ccc(-c2cccc3ccccc23)cc1)c1ccccc1.O=S(=O)(O)C(F)(F)F.c1ccc(-c2coc3c(-c4ccc(-c5cccc6ccccc56)cc4)c4c(-c5ccccc5)coc4c(-c4ccc(-c5cccc6ccccc56)cc4)c23)cc1. The molecular weight excluding hydrogens is 1560 g/mol. The van der Waals surface area contributed by atoms with Crippen LogP contribution in [0, 0.1) is 0 Å². The number of rotatable bonds is 18. The molecule has 20 aromatic rings. The third kappa shape index (κ3) is 16.6. The number of carbonyl (C=O) groups is 2. The minimum absolute atomic E-state index is 0. The standard InChI is InChI=1S/C54H38O4.C54H34O2.CHF3O3S.FH/c55-51(43-15-3-1-4-16-43)35-57-53-33-50(42-31-27-40(28-32-42)48-24-12-20-38-14-8-10-22-46(38)48)54(58-36-52(56)44-17-5-2-6-18-44)34-49(53)41-29-25-39(26-30-41)47-23-11-19-37-13-7-9-21-45(37)47;1-3-13-37(14-4-1)47-33-55-53-50(42-31-27-40(28-32-42)46-24-12-20-36-18-8-10-22-44(36)46)52-48(38-15-5-2-6-16-38)34-56-54(52)49(51(47)53)41-29-25-39(26-30-41)45-23-11-19-35-17-7-9-21-43(35)45;2-1(3,4)8(5,6)7;/h1-34H,35-36H2;1-34H;(H,5,6,7);1H. The molecule has 2 heterocycles. The van der Waals surface area contributed by atoms with E-state index in [1.807, 2.05) is 61.1 Å². The highest BCUT2D eigenvalue weighted by molar-refractivity contribution is 7.86. The Hall–Kier alpha value is -15.4. The minimum Gasteiger partial charge on any atom is -0.485 e. The molecule has 0 saturated carbocycles. The summed E-state index contributed by atoms with van der Waals surface area (Å²) in [7, 11) is -5.84. The first-order valence-corrected chi connectivity index (χ1v) is 41.2. The average Bonchev–Trinajstić information content (AvgIpc) is 1.57. The Labute approximate surface area is 706 Å². The Bertz CT molecular complexity index is 6940. The van der Waals surface area contributed by atoms with Gasteiger partial charge in [-0.3, -0.25) is 18.8 Å². The van der Waals surface area contributed by atoms with Gasteiger partial charge in [-0.15, -0.1) is 0 Å². The van der Waals surface area contributed by atoms with Crippen LogP contribution in [0.5, 0.6) is 11.5 Å². The number of Topliss-reactive ketones (excluding diaryl/α,β-unsaturated/α-hetero) is 2. The summed E-state index contributed by atoms with van der Waals surface area (Å²) in [5.74, 6) is 0.786. The van der Waals surface area contributed by atoms with E-state index in [9.17, 15) is 22.8 Å². The van der Waals surface area contributed by atoms with E-state index in [2.05, 4.69) is 328 Å². The maximum absolute atomic E-state index is 13.4. The van der Waals surface area contributed by atoms with Crippen molar-refractivity contribution in [3.8, 4) is 123 Å².